The molecule has 2 heteroatoms. The molecule has 0 bridgehead atoms. The van der Waals surface area contributed by atoms with Gasteiger partial charge in [0.2, 0.25) is 0 Å². The Morgan fingerprint density at radius 2 is 1.27 bits per heavy atom. The monoisotopic (exact) mass is 346 g/mol. The summed E-state index contributed by atoms with van der Waals surface area (Å²) in [5.41, 5.74) is 1.87. The van der Waals surface area contributed by atoms with E-state index in [-0.39, 0.29) is 0 Å². The van der Waals surface area contributed by atoms with Gasteiger partial charge in [0.1, 0.15) is 11.2 Å². The van der Waals surface area contributed by atoms with Gasteiger partial charge < -0.3 is 4.42 Å². The summed E-state index contributed by atoms with van der Waals surface area (Å²) in [5.74, 6) is 0. The predicted molar refractivity (Wildman–Crippen MR) is 96.4 cm³/mol. The lowest BCUT2D eigenvalue weighted by Crippen LogP contribution is -1.76. The van der Waals surface area contributed by atoms with Gasteiger partial charge in [0.25, 0.3) is 0 Å². The maximum absolute atomic E-state index is 6.01. The fraction of sp³-hybridized carbons (Fsp3) is 0. The molecule has 5 rings (SSSR count). The largest absolute Gasteiger partial charge is 0.456 e. The van der Waals surface area contributed by atoms with Crippen LogP contribution in [0.4, 0.5) is 0 Å². The van der Waals surface area contributed by atoms with Crippen molar-refractivity contribution in [3.63, 3.8) is 0 Å². The Morgan fingerprint density at radius 1 is 0.591 bits per heavy atom. The highest BCUT2D eigenvalue weighted by Gasteiger charge is 2.09. The van der Waals surface area contributed by atoms with Crippen molar-refractivity contribution in [3.05, 3.63) is 71.2 Å². The molecule has 0 saturated carbocycles. The average molecular weight is 347 g/mol. The van der Waals surface area contributed by atoms with Crippen molar-refractivity contribution in [1.82, 2.24) is 0 Å². The van der Waals surface area contributed by atoms with Gasteiger partial charge in [-0.15, -0.1) is 0 Å². The van der Waals surface area contributed by atoms with E-state index in [0.717, 1.165) is 21.0 Å². The van der Waals surface area contributed by atoms with Crippen LogP contribution < -0.4 is 0 Å². The van der Waals surface area contributed by atoms with Crippen LogP contribution in [0.15, 0.2) is 75.6 Å². The van der Waals surface area contributed by atoms with Crippen molar-refractivity contribution < 1.29 is 4.42 Å². The highest BCUT2D eigenvalue weighted by atomic mass is 79.9. The summed E-state index contributed by atoms with van der Waals surface area (Å²) in [7, 11) is 0. The second-order valence-corrected chi connectivity index (χ2v) is 6.55. The number of rotatable bonds is 0. The fourth-order valence-electron chi connectivity index (χ4n) is 3.19. The zero-order valence-electron chi connectivity index (χ0n) is 11.6. The lowest BCUT2D eigenvalue weighted by Gasteiger charge is -2.02. The molecule has 22 heavy (non-hydrogen) atoms. The van der Waals surface area contributed by atoms with Crippen molar-refractivity contribution >= 4 is 59.4 Å². The van der Waals surface area contributed by atoms with E-state index in [1.807, 2.05) is 12.1 Å². The zero-order valence-corrected chi connectivity index (χ0v) is 13.2. The highest BCUT2D eigenvalue weighted by Crippen LogP contribution is 2.34. The Morgan fingerprint density at radius 3 is 2.05 bits per heavy atom. The molecule has 0 saturated heterocycles. The van der Waals surface area contributed by atoms with Gasteiger partial charge >= 0.3 is 0 Å². The van der Waals surface area contributed by atoms with E-state index in [0.29, 0.717) is 0 Å². The Balaban J connectivity index is 1.97. The lowest BCUT2D eigenvalue weighted by molar-refractivity contribution is 0.669. The molecule has 0 amide bonds. The first kappa shape index (κ1) is 12.2. The molecule has 0 aliphatic heterocycles. The van der Waals surface area contributed by atoms with Crippen molar-refractivity contribution in [2.75, 3.05) is 0 Å². The first-order valence-electron chi connectivity index (χ1n) is 7.22. The highest BCUT2D eigenvalue weighted by molar-refractivity contribution is 9.10. The molecule has 0 unspecified atom stereocenters. The van der Waals surface area contributed by atoms with Gasteiger partial charge in [0.05, 0.1) is 0 Å². The normalized spacial score (nSPS) is 11.9. The minimum absolute atomic E-state index is 0.929. The third kappa shape index (κ3) is 1.71. The van der Waals surface area contributed by atoms with E-state index in [1.54, 1.807) is 0 Å². The van der Waals surface area contributed by atoms with Crippen molar-refractivity contribution in [2.45, 2.75) is 0 Å². The number of furan rings is 1. The quantitative estimate of drug-likeness (QED) is 0.286. The molecular weight excluding hydrogens is 336 g/mol. The van der Waals surface area contributed by atoms with Crippen LogP contribution in [-0.4, -0.2) is 0 Å². The molecule has 0 atom stereocenters. The molecule has 104 valence electrons. The van der Waals surface area contributed by atoms with Crippen molar-refractivity contribution in [1.29, 1.82) is 0 Å². The molecule has 0 aliphatic carbocycles. The van der Waals surface area contributed by atoms with Crippen LogP contribution in [0.1, 0.15) is 0 Å². The molecule has 4 aromatic carbocycles. The maximum Gasteiger partial charge on any atom is 0.136 e. The first-order chi connectivity index (χ1) is 10.8. The van der Waals surface area contributed by atoms with E-state index >= 15 is 0 Å². The molecule has 1 nitrogen and oxygen atoms in total. The minimum atomic E-state index is 0.929. The Bertz CT molecular complexity index is 1180. The van der Waals surface area contributed by atoms with Crippen LogP contribution in [0.25, 0.3) is 43.5 Å². The topological polar surface area (TPSA) is 13.1 Å². The molecule has 0 radical (unpaired) electrons. The smallest absolute Gasteiger partial charge is 0.136 e. The summed E-state index contributed by atoms with van der Waals surface area (Å²) in [6.07, 6.45) is 0. The summed E-state index contributed by atoms with van der Waals surface area (Å²) >= 11 is 3.54. The van der Waals surface area contributed by atoms with Crippen LogP contribution >= 0.6 is 15.9 Å². The second kappa shape index (κ2) is 4.34. The van der Waals surface area contributed by atoms with E-state index < -0.39 is 0 Å². The standard InChI is InChI=1S/C20H11BrO/c21-16-5-6-19-18(11-16)17-9-14-7-12-3-1-2-4-13(12)8-15(14)10-20(17)22-19/h1-11H. The summed E-state index contributed by atoms with van der Waals surface area (Å²) in [4.78, 5) is 0. The first-order valence-corrected chi connectivity index (χ1v) is 8.02. The molecular formula is C20H11BrO. The van der Waals surface area contributed by atoms with E-state index in [9.17, 15) is 0 Å². The van der Waals surface area contributed by atoms with Gasteiger partial charge in [-0.05, 0) is 64.0 Å². The number of fused-ring (bicyclic) bond motifs is 5. The number of hydrogen-bond acceptors (Lipinski definition) is 1. The Kier molecular flexibility index (Phi) is 2.42. The zero-order chi connectivity index (χ0) is 14.7. The van der Waals surface area contributed by atoms with Crippen LogP contribution in [0, 0.1) is 0 Å². The second-order valence-electron chi connectivity index (χ2n) is 5.64. The lowest BCUT2D eigenvalue weighted by atomic mass is 10.0. The van der Waals surface area contributed by atoms with Crippen LogP contribution in [0.2, 0.25) is 0 Å². The van der Waals surface area contributed by atoms with E-state index in [1.165, 1.54) is 26.9 Å². The number of benzene rings is 4. The van der Waals surface area contributed by atoms with Crippen molar-refractivity contribution in [3.8, 4) is 0 Å². The summed E-state index contributed by atoms with van der Waals surface area (Å²) in [5, 5.41) is 7.30. The van der Waals surface area contributed by atoms with Gasteiger partial charge in [-0.2, -0.15) is 0 Å². The van der Waals surface area contributed by atoms with Crippen LogP contribution in [0.5, 0.6) is 0 Å². The summed E-state index contributed by atoms with van der Waals surface area (Å²) < 4.78 is 7.08. The fourth-order valence-corrected chi connectivity index (χ4v) is 3.55. The van der Waals surface area contributed by atoms with E-state index in [4.69, 9.17) is 4.42 Å². The third-order valence-corrected chi connectivity index (χ3v) is 4.75. The van der Waals surface area contributed by atoms with Crippen molar-refractivity contribution in [2.24, 2.45) is 0 Å². The molecule has 0 spiro atoms. The third-order valence-electron chi connectivity index (χ3n) is 4.25. The Labute approximate surface area is 135 Å². The maximum atomic E-state index is 6.01. The van der Waals surface area contributed by atoms with Crippen LogP contribution in [0.3, 0.4) is 0 Å². The van der Waals surface area contributed by atoms with Gasteiger partial charge in [-0.25, -0.2) is 0 Å². The average Bonchev–Trinajstić information content (AvgIpc) is 2.87. The van der Waals surface area contributed by atoms with E-state index in [2.05, 4.69) is 70.5 Å². The molecule has 1 heterocycles. The number of halogens is 1. The van der Waals surface area contributed by atoms with Gasteiger partial charge in [-0.3, -0.25) is 0 Å². The summed E-state index contributed by atoms with van der Waals surface area (Å²) in [6, 6.07) is 23.5. The minimum Gasteiger partial charge on any atom is -0.456 e. The molecule has 0 fully saturated rings. The van der Waals surface area contributed by atoms with Gasteiger partial charge in [0, 0.05) is 15.2 Å². The van der Waals surface area contributed by atoms with Gasteiger partial charge in [0.15, 0.2) is 0 Å². The van der Waals surface area contributed by atoms with Gasteiger partial charge in [-0.1, -0.05) is 40.2 Å². The summed E-state index contributed by atoms with van der Waals surface area (Å²) in [6.45, 7) is 0. The SMILES string of the molecule is Brc1ccc2oc3cc4cc5ccccc5cc4cc3c2c1. The molecule has 0 aliphatic rings. The molecule has 0 N–H and O–H groups in total. The van der Waals surface area contributed by atoms with Crippen LogP contribution in [-0.2, 0) is 0 Å². The molecule has 5 aromatic rings. The molecule has 1 aromatic heterocycles. The number of hydrogen-bond donors (Lipinski definition) is 0. The Hall–Kier alpha value is -2.32. The predicted octanol–water partition coefficient (Wildman–Crippen LogP) is 6.65.